The molecule has 0 saturated heterocycles. The SMILES string of the molecule is [2H]c1cnc(-c2cc(C(C)(C)C)c3ccccc3c2)c2[se]c3c(C)c([Si](C)(C)C)ccc3c12. The Balaban J connectivity index is 1.87. The van der Waals surface area contributed by atoms with Crippen LogP contribution in [0.3, 0.4) is 0 Å². The molecule has 0 radical (unpaired) electrons. The van der Waals surface area contributed by atoms with Gasteiger partial charge in [-0.1, -0.05) is 0 Å². The van der Waals surface area contributed by atoms with Crippen LogP contribution < -0.4 is 5.19 Å². The third kappa shape index (κ3) is 3.48. The van der Waals surface area contributed by atoms with E-state index in [0.717, 1.165) is 11.1 Å². The Morgan fingerprint density at radius 1 is 0.906 bits per heavy atom. The van der Waals surface area contributed by atoms with Gasteiger partial charge >= 0.3 is 200 Å². The quantitative estimate of drug-likeness (QED) is 0.230. The summed E-state index contributed by atoms with van der Waals surface area (Å²) in [5.74, 6) is 0. The fourth-order valence-electron chi connectivity index (χ4n) is 4.91. The van der Waals surface area contributed by atoms with Crippen LogP contribution in [0.25, 0.3) is 41.3 Å². The Hall–Kier alpha value is -2.19. The van der Waals surface area contributed by atoms with Crippen molar-refractivity contribution in [3.05, 3.63) is 71.9 Å². The zero-order valence-corrected chi connectivity index (χ0v) is 22.8. The predicted octanol–water partition coefficient (Wildman–Crippen LogP) is 7.42. The number of hydrogen-bond donors (Lipinski definition) is 0. The fraction of sp³-hybridized carbons (Fsp3) is 0.276. The molecule has 0 N–H and O–H groups in total. The van der Waals surface area contributed by atoms with Crippen molar-refractivity contribution in [2.75, 3.05) is 0 Å². The molecule has 5 aromatic rings. The van der Waals surface area contributed by atoms with Gasteiger partial charge in [-0.2, -0.15) is 0 Å². The predicted molar refractivity (Wildman–Crippen MR) is 146 cm³/mol. The summed E-state index contributed by atoms with van der Waals surface area (Å²) in [6.45, 7) is 16.4. The average Bonchev–Trinajstić information content (AvgIpc) is 3.13. The summed E-state index contributed by atoms with van der Waals surface area (Å²) >= 11 is 0.150. The van der Waals surface area contributed by atoms with E-state index in [-0.39, 0.29) is 19.9 Å². The van der Waals surface area contributed by atoms with Gasteiger partial charge in [0.05, 0.1) is 0 Å². The van der Waals surface area contributed by atoms with Gasteiger partial charge in [0.2, 0.25) is 0 Å². The first-order valence-corrected chi connectivity index (χ1v) is 16.5. The Kier molecular flexibility index (Phi) is 4.73. The van der Waals surface area contributed by atoms with Gasteiger partial charge in [-0.25, -0.2) is 0 Å². The second-order valence-electron chi connectivity index (χ2n) is 10.9. The third-order valence-corrected chi connectivity index (χ3v) is 11.4. The van der Waals surface area contributed by atoms with E-state index in [9.17, 15) is 0 Å². The number of rotatable bonds is 2. The molecule has 0 aliphatic rings. The van der Waals surface area contributed by atoms with Crippen molar-refractivity contribution in [2.45, 2.75) is 52.8 Å². The molecule has 0 spiro atoms. The standard InChI is InChI=1S/C29H31NSeSi/c1-18-25(32(5,6)7)13-12-22-23-14-15-30-26(28(23)31-27(18)22)20-16-19-10-8-9-11-21(19)24(17-20)29(2,3)4/h8-17H,1-7H3/i14D. The average molecular weight is 502 g/mol. The van der Waals surface area contributed by atoms with Crippen LogP contribution in [-0.2, 0) is 5.41 Å². The molecule has 2 heterocycles. The number of aromatic nitrogens is 1. The van der Waals surface area contributed by atoms with Gasteiger partial charge < -0.3 is 0 Å². The summed E-state index contributed by atoms with van der Waals surface area (Å²) < 4.78 is 11.4. The van der Waals surface area contributed by atoms with Gasteiger partial charge in [0, 0.05) is 0 Å². The van der Waals surface area contributed by atoms with Crippen LogP contribution in [0.2, 0.25) is 19.6 Å². The summed E-state index contributed by atoms with van der Waals surface area (Å²) in [6.07, 6.45) is 1.76. The molecule has 3 aromatic carbocycles. The number of pyridine rings is 1. The number of benzene rings is 3. The summed E-state index contributed by atoms with van der Waals surface area (Å²) in [4.78, 5) is 4.87. The monoisotopic (exact) mass is 502 g/mol. The Labute approximate surface area is 199 Å². The van der Waals surface area contributed by atoms with Crippen molar-refractivity contribution in [1.29, 1.82) is 0 Å². The van der Waals surface area contributed by atoms with Crippen molar-refractivity contribution < 1.29 is 1.37 Å². The van der Waals surface area contributed by atoms with E-state index >= 15 is 0 Å². The van der Waals surface area contributed by atoms with Crippen molar-refractivity contribution in [3.8, 4) is 11.3 Å². The van der Waals surface area contributed by atoms with Gasteiger partial charge in [0.15, 0.2) is 0 Å². The molecule has 5 rings (SSSR count). The van der Waals surface area contributed by atoms with Crippen LogP contribution in [0.1, 0.15) is 33.3 Å². The molecule has 0 unspecified atom stereocenters. The molecular formula is C29H31NSeSi. The van der Waals surface area contributed by atoms with E-state index in [2.05, 4.69) is 95.9 Å². The molecule has 2 aromatic heterocycles. The minimum absolute atomic E-state index is 0.0328. The minimum atomic E-state index is -1.43. The van der Waals surface area contributed by atoms with E-state index < -0.39 is 8.07 Å². The van der Waals surface area contributed by atoms with E-state index in [1.807, 2.05) is 0 Å². The summed E-state index contributed by atoms with van der Waals surface area (Å²) in [6, 6.07) is 18.5. The molecule has 3 heteroatoms. The molecule has 1 nitrogen and oxygen atoms in total. The Bertz CT molecular complexity index is 1550. The van der Waals surface area contributed by atoms with Crippen molar-refractivity contribution in [3.63, 3.8) is 0 Å². The van der Waals surface area contributed by atoms with Crippen LogP contribution in [0.15, 0.2) is 60.8 Å². The molecule has 0 atom stereocenters. The molecule has 0 fully saturated rings. The van der Waals surface area contributed by atoms with Gasteiger partial charge in [-0.3, -0.25) is 0 Å². The maximum atomic E-state index is 8.72. The Morgan fingerprint density at radius 3 is 2.38 bits per heavy atom. The first-order valence-electron chi connectivity index (χ1n) is 11.8. The fourth-order valence-corrected chi connectivity index (χ4v) is 9.64. The first-order chi connectivity index (χ1) is 15.5. The molecule has 32 heavy (non-hydrogen) atoms. The molecule has 0 aliphatic heterocycles. The first kappa shape index (κ1) is 20.4. The van der Waals surface area contributed by atoms with Crippen LogP contribution in [0.5, 0.6) is 0 Å². The Morgan fingerprint density at radius 2 is 1.66 bits per heavy atom. The van der Waals surface area contributed by atoms with Crippen molar-refractivity contribution in [2.24, 2.45) is 0 Å². The third-order valence-electron chi connectivity index (χ3n) is 6.48. The van der Waals surface area contributed by atoms with Crippen molar-refractivity contribution in [1.82, 2.24) is 4.98 Å². The van der Waals surface area contributed by atoms with Crippen LogP contribution >= 0.6 is 0 Å². The number of hydrogen-bond acceptors (Lipinski definition) is 1. The van der Waals surface area contributed by atoms with Gasteiger partial charge in [-0.15, -0.1) is 0 Å². The summed E-state index contributed by atoms with van der Waals surface area (Å²) in [5, 5.41) is 6.47. The van der Waals surface area contributed by atoms with Gasteiger partial charge in [0.25, 0.3) is 0 Å². The van der Waals surface area contributed by atoms with Crippen LogP contribution in [0.4, 0.5) is 0 Å². The second kappa shape index (κ2) is 7.42. The zero-order chi connectivity index (χ0) is 23.7. The van der Waals surface area contributed by atoms with Gasteiger partial charge in [0.1, 0.15) is 0 Å². The van der Waals surface area contributed by atoms with E-state index in [0.29, 0.717) is 6.04 Å². The van der Waals surface area contributed by atoms with E-state index in [1.54, 1.807) is 6.20 Å². The topological polar surface area (TPSA) is 12.9 Å². The molecule has 0 saturated carbocycles. The second-order valence-corrected chi connectivity index (χ2v) is 18.1. The zero-order valence-electron chi connectivity index (χ0n) is 21.1. The number of aryl methyl sites for hydroxylation is 1. The number of fused-ring (bicyclic) bond motifs is 4. The van der Waals surface area contributed by atoms with E-state index in [1.165, 1.54) is 46.6 Å². The van der Waals surface area contributed by atoms with Crippen molar-refractivity contribution >= 4 is 57.8 Å². The molecule has 0 aliphatic carbocycles. The van der Waals surface area contributed by atoms with Gasteiger partial charge in [-0.05, 0) is 0 Å². The molecule has 162 valence electrons. The van der Waals surface area contributed by atoms with E-state index in [4.69, 9.17) is 6.35 Å². The molecule has 0 bridgehead atoms. The van der Waals surface area contributed by atoms with Crippen LogP contribution in [0, 0.1) is 6.92 Å². The summed E-state index contributed by atoms with van der Waals surface area (Å²) in [5.41, 5.74) is 5.06. The maximum absolute atomic E-state index is 8.72. The normalized spacial score (nSPS) is 13.3. The molecular weight excluding hydrogens is 469 g/mol. The van der Waals surface area contributed by atoms with Crippen LogP contribution in [-0.4, -0.2) is 27.6 Å². The molecule has 0 amide bonds. The summed E-state index contributed by atoms with van der Waals surface area (Å²) in [7, 11) is -1.43. The number of nitrogens with zero attached hydrogens (tertiary/aromatic N) is 1.